The summed E-state index contributed by atoms with van der Waals surface area (Å²) in [5, 5.41) is 11.2. The lowest BCUT2D eigenvalue weighted by atomic mass is 9.85. The van der Waals surface area contributed by atoms with Gasteiger partial charge in [0.15, 0.2) is 0 Å². The second-order valence-corrected chi connectivity index (χ2v) is 8.99. The van der Waals surface area contributed by atoms with Gasteiger partial charge in [-0.25, -0.2) is 4.79 Å². The third kappa shape index (κ3) is 4.03. The Morgan fingerprint density at radius 2 is 1.86 bits per heavy atom. The van der Waals surface area contributed by atoms with Gasteiger partial charge in [0.1, 0.15) is 11.5 Å². The van der Waals surface area contributed by atoms with Crippen LogP contribution in [0.15, 0.2) is 38.5 Å². The van der Waals surface area contributed by atoms with Crippen molar-refractivity contribution < 1.29 is 9.52 Å². The van der Waals surface area contributed by atoms with Crippen LogP contribution in [0, 0.1) is 11.8 Å². The van der Waals surface area contributed by atoms with Gasteiger partial charge in [0, 0.05) is 24.1 Å². The Balaban J connectivity index is 1.56. The molecule has 0 saturated heterocycles. The molecule has 152 valence electrons. The van der Waals surface area contributed by atoms with Gasteiger partial charge in [-0.15, -0.1) is 0 Å². The molecule has 1 atom stereocenters. The summed E-state index contributed by atoms with van der Waals surface area (Å²) >= 11 is 0. The molecule has 3 aliphatic rings. The van der Waals surface area contributed by atoms with E-state index in [1.165, 1.54) is 19.3 Å². The van der Waals surface area contributed by atoms with Crippen LogP contribution in [0.3, 0.4) is 0 Å². The van der Waals surface area contributed by atoms with Gasteiger partial charge in [0.05, 0.1) is 11.3 Å². The first-order valence-electron chi connectivity index (χ1n) is 11.2. The highest BCUT2D eigenvalue weighted by Crippen LogP contribution is 2.49. The van der Waals surface area contributed by atoms with Crippen LogP contribution in [0.4, 0.5) is 5.69 Å². The molecule has 0 aliphatic heterocycles. The number of rotatable bonds is 5. The van der Waals surface area contributed by atoms with E-state index >= 15 is 0 Å². The molecule has 0 amide bonds. The van der Waals surface area contributed by atoms with Crippen LogP contribution in [0.25, 0.3) is 0 Å². The molecule has 29 heavy (non-hydrogen) atoms. The highest BCUT2D eigenvalue weighted by atomic mass is 16.4. The fraction of sp³-hybridized carbons (Fsp3) is 0.520. The van der Waals surface area contributed by atoms with E-state index in [-0.39, 0.29) is 17.3 Å². The number of aryl methyl sites for hydroxylation is 1. The van der Waals surface area contributed by atoms with Crippen molar-refractivity contribution >= 4 is 11.9 Å². The average Bonchev–Trinajstić information content (AvgIpc) is 3.60. The second-order valence-electron chi connectivity index (χ2n) is 8.99. The van der Waals surface area contributed by atoms with Crippen molar-refractivity contribution in [3.05, 3.63) is 57.1 Å². The van der Waals surface area contributed by atoms with E-state index in [0.717, 1.165) is 61.8 Å². The number of aliphatic imine (C=N–C) groups is 1. The monoisotopic (exact) mass is 391 g/mol. The third-order valence-electron chi connectivity index (χ3n) is 6.58. The molecule has 2 fully saturated rings. The molecule has 4 nitrogen and oxygen atoms in total. The van der Waals surface area contributed by atoms with Crippen LogP contribution in [-0.4, -0.2) is 11.3 Å². The molecule has 1 N–H and O–H groups in total. The standard InChI is InChI=1S/C25H29NO3/c27-24-20-8-3-1-2-4-9-21(20)29-25(28)23(24)22(17-12-13-17)18-6-5-7-19(14-18)26-15-16-10-11-16/h5-7,14-17,22,27H,1-4,8-13H2. The van der Waals surface area contributed by atoms with Crippen molar-refractivity contribution in [1.29, 1.82) is 0 Å². The molecule has 5 rings (SSSR count). The van der Waals surface area contributed by atoms with Gasteiger partial charge in [-0.3, -0.25) is 4.99 Å². The second kappa shape index (κ2) is 7.81. The lowest BCUT2D eigenvalue weighted by molar-refractivity contribution is 0.382. The number of hydrogen-bond acceptors (Lipinski definition) is 4. The molecule has 1 heterocycles. The number of benzene rings is 1. The maximum Gasteiger partial charge on any atom is 0.343 e. The number of fused-ring (bicyclic) bond motifs is 1. The molecule has 1 aromatic heterocycles. The highest BCUT2D eigenvalue weighted by Gasteiger charge is 2.38. The Kier molecular flexibility index (Phi) is 5.03. The van der Waals surface area contributed by atoms with Crippen molar-refractivity contribution in [3.63, 3.8) is 0 Å². The zero-order valence-corrected chi connectivity index (χ0v) is 16.9. The fourth-order valence-electron chi connectivity index (χ4n) is 4.63. The maximum absolute atomic E-state index is 13.0. The minimum atomic E-state index is -0.356. The van der Waals surface area contributed by atoms with E-state index < -0.39 is 0 Å². The summed E-state index contributed by atoms with van der Waals surface area (Å²) in [6, 6.07) is 8.16. The van der Waals surface area contributed by atoms with Crippen LogP contribution < -0.4 is 5.63 Å². The number of nitrogens with zero attached hydrogens (tertiary/aromatic N) is 1. The summed E-state index contributed by atoms with van der Waals surface area (Å²) in [5.41, 5.74) is 2.97. The van der Waals surface area contributed by atoms with Crippen LogP contribution >= 0.6 is 0 Å². The van der Waals surface area contributed by atoms with Gasteiger partial charge >= 0.3 is 5.63 Å². The SMILES string of the molecule is O=c1oc2c(c(O)c1C(c1cccc(N=CC3CC3)c1)C1CC1)CCCCCC2. The van der Waals surface area contributed by atoms with Crippen molar-refractivity contribution in [2.45, 2.75) is 70.1 Å². The molecule has 0 spiro atoms. The first-order valence-corrected chi connectivity index (χ1v) is 11.2. The average molecular weight is 392 g/mol. The third-order valence-corrected chi connectivity index (χ3v) is 6.58. The first-order chi connectivity index (χ1) is 14.2. The summed E-state index contributed by atoms with van der Waals surface area (Å²) < 4.78 is 5.80. The summed E-state index contributed by atoms with van der Waals surface area (Å²) in [6.45, 7) is 0. The predicted molar refractivity (Wildman–Crippen MR) is 114 cm³/mol. The highest BCUT2D eigenvalue weighted by molar-refractivity contribution is 5.68. The molecule has 2 saturated carbocycles. The van der Waals surface area contributed by atoms with Crippen LogP contribution in [0.1, 0.15) is 79.7 Å². The van der Waals surface area contributed by atoms with Crippen LogP contribution in [0.5, 0.6) is 5.75 Å². The Morgan fingerprint density at radius 3 is 2.62 bits per heavy atom. The van der Waals surface area contributed by atoms with E-state index in [1.807, 2.05) is 18.3 Å². The van der Waals surface area contributed by atoms with Gasteiger partial charge in [-0.2, -0.15) is 0 Å². The van der Waals surface area contributed by atoms with Crippen LogP contribution in [-0.2, 0) is 12.8 Å². The molecule has 0 bridgehead atoms. The van der Waals surface area contributed by atoms with Gasteiger partial charge in [-0.05, 0) is 74.5 Å². The lowest BCUT2D eigenvalue weighted by Crippen LogP contribution is -2.19. The van der Waals surface area contributed by atoms with Gasteiger partial charge < -0.3 is 9.52 Å². The molecule has 1 unspecified atom stereocenters. The molecule has 3 aliphatic carbocycles. The topological polar surface area (TPSA) is 62.8 Å². The van der Waals surface area contributed by atoms with Crippen molar-refractivity contribution in [1.82, 2.24) is 0 Å². The van der Waals surface area contributed by atoms with Crippen LogP contribution in [0.2, 0.25) is 0 Å². The Hall–Kier alpha value is -2.36. The molecular weight excluding hydrogens is 362 g/mol. The Morgan fingerprint density at radius 1 is 1.07 bits per heavy atom. The number of aromatic hydroxyl groups is 1. The maximum atomic E-state index is 13.0. The van der Waals surface area contributed by atoms with Crippen molar-refractivity contribution in [3.8, 4) is 5.75 Å². The summed E-state index contributed by atoms with van der Waals surface area (Å²) in [7, 11) is 0. The first kappa shape index (κ1) is 18.7. The zero-order chi connectivity index (χ0) is 19.8. The summed E-state index contributed by atoms with van der Waals surface area (Å²) in [5.74, 6) is 1.80. The minimum Gasteiger partial charge on any atom is -0.507 e. The van der Waals surface area contributed by atoms with Gasteiger partial charge in [0.2, 0.25) is 0 Å². The van der Waals surface area contributed by atoms with Crippen molar-refractivity contribution in [2.24, 2.45) is 16.8 Å². The van der Waals surface area contributed by atoms with E-state index in [4.69, 9.17) is 4.42 Å². The summed E-state index contributed by atoms with van der Waals surface area (Å²) in [6.07, 6.45) is 12.6. The van der Waals surface area contributed by atoms with E-state index in [1.54, 1.807) is 0 Å². The quantitative estimate of drug-likeness (QED) is 0.669. The molecule has 2 aromatic rings. The fourth-order valence-corrected chi connectivity index (χ4v) is 4.63. The number of hydrogen-bond donors (Lipinski definition) is 1. The predicted octanol–water partition coefficient (Wildman–Crippen LogP) is 5.66. The summed E-state index contributed by atoms with van der Waals surface area (Å²) in [4.78, 5) is 17.6. The molecule has 1 aromatic carbocycles. The lowest BCUT2D eigenvalue weighted by Gasteiger charge is -2.21. The smallest absolute Gasteiger partial charge is 0.343 e. The normalized spacial score (nSPS) is 20.8. The van der Waals surface area contributed by atoms with Crippen molar-refractivity contribution in [2.75, 3.05) is 0 Å². The van der Waals surface area contributed by atoms with E-state index in [2.05, 4.69) is 17.1 Å². The Bertz CT molecular complexity index is 982. The molecular formula is C25H29NO3. The molecule has 4 heteroatoms. The zero-order valence-electron chi connectivity index (χ0n) is 16.9. The van der Waals surface area contributed by atoms with Gasteiger partial charge in [-0.1, -0.05) is 25.0 Å². The minimum absolute atomic E-state index is 0.113. The Labute approximate surface area is 171 Å². The van der Waals surface area contributed by atoms with E-state index in [9.17, 15) is 9.90 Å². The molecule has 0 radical (unpaired) electrons. The van der Waals surface area contributed by atoms with E-state index in [0.29, 0.717) is 23.2 Å². The largest absolute Gasteiger partial charge is 0.507 e. The van der Waals surface area contributed by atoms with Gasteiger partial charge in [0.25, 0.3) is 0 Å².